The zero-order valence-electron chi connectivity index (χ0n) is 11.5. The van der Waals surface area contributed by atoms with Crippen molar-refractivity contribution in [2.75, 3.05) is 7.11 Å². The lowest BCUT2D eigenvalue weighted by Crippen LogP contribution is -1.98. The van der Waals surface area contributed by atoms with Gasteiger partial charge in [0.15, 0.2) is 0 Å². The highest BCUT2D eigenvalue weighted by Crippen LogP contribution is 2.26. The van der Waals surface area contributed by atoms with Crippen LogP contribution in [0.1, 0.15) is 5.56 Å². The summed E-state index contributed by atoms with van der Waals surface area (Å²) in [5.74, 6) is 1.53. The average molecular weight is 300 g/mol. The third kappa shape index (κ3) is 2.93. The van der Waals surface area contributed by atoms with Crippen LogP contribution in [0, 0.1) is 0 Å². The third-order valence-corrected chi connectivity index (χ3v) is 3.57. The molecular formula is C17H14ClNO2. The first-order valence-electron chi connectivity index (χ1n) is 6.57. The minimum atomic E-state index is 0.428. The molecule has 0 N–H and O–H groups in total. The van der Waals surface area contributed by atoms with Crippen LogP contribution in [0.15, 0.2) is 54.7 Å². The van der Waals surface area contributed by atoms with Crippen molar-refractivity contribution in [2.24, 2.45) is 0 Å². The summed E-state index contributed by atoms with van der Waals surface area (Å²) in [4.78, 5) is 4.40. The highest BCUT2D eigenvalue weighted by molar-refractivity contribution is 6.35. The zero-order chi connectivity index (χ0) is 14.7. The molecule has 0 spiro atoms. The molecule has 0 aliphatic heterocycles. The first kappa shape index (κ1) is 13.7. The lowest BCUT2D eigenvalue weighted by atomic mass is 10.1. The minimum Gasteiger partial charge on any atom is -0.497 e. The molecule has 3 rings (SSSR count). The smallest absolute Gasteiger partial charge is 0.123 e. The fraction of sp³-hybridized carbons (Fsp3) is 0.118. The van der Waals surface area contributed by atoms with E-state index >= 15 is 0 Å². The molecule has 0 saturated heterocycles. The van der Waals surface area contributed by atoms with Crippen molar-refractivity contribution >= 4 is 22.5 Å². The van der Waals surface area contributed by atoms with Crippen LogP contribution in [-0.4, -0.2) is 12.1 Å². The number of fused-ring (bicyclic) bond motifs is 1. The van der Waals surface area contributed by atoms with Crippen molar-refractivity contribution in [1.82, 2.24) is 4.98 Å². The minimum absolute atomic E-state index is 0.428. The summed E-state index contributed by atoms with van der Waals surface area (Å²) in [5, 5.41) is 1.63. The quantitative estimate of drug-likeness (QED) is 0.712. The molecule has 2 aromatic carbocycles. The summed E-state index contributed by atoms with van der Waals surface area (Å²) in [6.07, 6.45) is 1.76. The van der Waals surface area contributed by atoms with E-state index in [9.17, 15) is 0 Å². The number of halogens is 1. The van der Waals surface area contributed by atoms with Gasteiger partial charge in [-0.15, -0.1) is 0 Å². The summed E-state index contributed by atoms with van der Waals surface area (Å²) >= 11 is 6.19. The van der Waals surface area contributed by atoms with Crippen LogP contribution in [0.5, 0.6) is 11.5 Å². The number of ether oxygens (including phenoxy) is 2. The Labute approximate surface area is 128 Å². The van der Waals surface area contributed by atoms with Gasteiger partial charge < -0.3 is 9.47 Å². The van der Waals surface area contributed by atoms with Crippen LogP contribution in [0.25, 0.3) is 10.9 Å². The number of rotatable bonds is 4. The van der Waals surface area contributed by atoms with E-state index in [1.807, 2.05) is 48.5 Å². The molecule has 3 aromatic rings. The first-order chi connectivity index (χ1) is 10.3. The van der Waals surface area contributed by atoms with Crippen molar-refractivity contribution in [3.8, 4) is 11.5 Å². The van der Waals surface area contributed by atoms with Gasteiger partial charge in [0.2, 0.25) is 0 Å². The van der Waals surface area contributed by atoms with Crippen LogP contribution in [0.3, 0.4) is 0 Å². The number of nitrogens with zero attached hydrogens (tertiary/aromatic N) is 1. The normalized spacial score (nSPS) is 10.6. The SMILES string of the molecule is COc1cccc(OCc2ccc(Cl)c3cccnc23)c1. The number of pyridine rings is 1. The number of hydrogen-bond acceptors (Lipinski definition) is 3. The fourth-order valence-electron chi connectivity index (χ4n) is 2.16. The maximum atomic E-state index is 6.19. The second-order valence-corrected chi connectivity index (χ2v) is 4.98. The number of benzene rings is 2. The zero-order valence-corrected chi connectivity index (χ0v) is 12.3. The van der Waals surface area contributed by atoms with E-state index in [4.69, 9.17) is 21.1 Å². The molecule has 0 aliphatic rings. The van der Waals surface area contributed by atoms with Crippen LogP contribution in [-0.2, 0) is 6.61 Å². The van der Waals surface area contributed by atoms with Crippen LogP contribution in [0.2, 0.25) is 5.02 Å². The van der Waals surface area contributed by atoms with Crippen LogP contribution >= 0.6 is 11.6 Å². The Balaban J connectivity index is 1.87. The van der Waals surface area contributed by atoms with E-state index < -0.39 is 0 Å². The molecule has 0 atom stereocenters. The van der Waals surface area contributed by atoms with Crippen LogP contribution < -0.4 is 9.47 Å². The van der Waals surface area contributed by atoms with Gasteiger partial charge in [0, 0.05) is 28.2 Å². The average Bonchev–Trinajstić information content (AvgIpc) is 2.55. The predicted octanol–water partition coefficient (Wildman–Crippen LogP) is 4.48. The van der Waals surface area contributed by atoms with Gasteiger partial charge in [-0.1, -0.05) is 23.7 Å². The molecule has 106 valence electrons. The Bertz CT molecular complexity index is 774. The lowest BCUT2D eigenvalue weighted by molar-refractivity contribution is 0.305. The summed E-state index contributed by atoms with van der Waals surface area (Å²) < 4.78 is 11.0. The number of methoxy groups -OCH3 is 1. The number of hydrogen-bond donors (Lipinski definition) is 0. The van der Waals surface area contributed by atoms with Gasteiger partial charge >= 0.3 is 0 Å². The van der Waals surface area contributed by atoms with E-state index in [1.54, 1.807) is 13.3 Å². The van der Waals surface area contributed by atoms with Gasteiger partial charge in [-0.3, -0.25) is 4.98 Å². The molecule has 0 aliphatic carbocycles. The second kappa shape index (κ2) is 6.02. The highest BCUT2D eigenvalue weighted by atomic mass is 35.5. The van der Waals surface area contributed by atoms with Gasteiger partial charge in [0.05, 0.1) is 12.6 Å². The van der Waals surface area contributed by atoms with Crippen molar-refractivity contribution in [1.29, 1.82) is 0 Å². The largest absolute Gasteiger partial charge is 0.497 e. The van der Waals surface area contributed by atoms with E-state index in [1.165, 1.54) is 0 Å². The Morgan fingerprint density at radius 2 is 1.90 bits per heavy atom. The van der Waals surface area contributed by atoms with E-state index in [0.717, 1.165) is 28.0 Å². The maximum Gasteiger partial charge on any atom is 0.123 e. The molecule has 3 nitrogen and oxygen atoms in total. The van der Waals surface area contributed by atoms with Crippen molar-refractivity contribution in [2.45, 2.75) is 6.61 Å². The van der Waals surface area contributed by atoms with E-state index in [0.29, 0.717) is 11.6 Å². The third-order valence-electron chi connectivity index (χ3n) is 3.24. The van der Waals surface area contributed by atoms with Gasteiger partial charge in [-0.05, 0) is 30.3 Å². The molecule has 1 aromatic heterocycles. The maximum absolute atomic E-state index is 6.19. The van der Waals surface area contributed by atoms with Gasteiger partial charge in [-0.25, -0.2) is 0 Å². The fourth-order valence-corrected chi connectivity index (χ4v) is 2.38. The Kier molecular flexibility index (Phi) is 3.93. The Morgan fingerprint density at radius 3 is 2.76 bits per heavy atom. The standard InChI is InChI=1S/C17H14ClNO2/c1-20-13-4-2-5-14(10-13)21-11-12-7-8-16(18)15-6-3-9-19-17(12)15/h2-10H,11H2,1H3. The van der Waals surface area contributed by atoms with Gasteiger partial charge in [0.25, 0.3) is 0 Å². The Morgan fingerprint density at radius 1 is 1.05 bits per heavy atom. The second-order valence-electron chi connectivity index (χ2n) is 4.57. The number of aromatic nitrogens is 1. The topological polar surface area (TPSA) is 31.4 Å². The summed E-state index contributed by atoms with van der Waals surface area (Å²) in [6.45, 7) is 0.428. The molecule has 4 heteroatoms. The molecule has 0 amide bonds. The van der Waals surface area contributed by atoms with Crippen LogP contribution in [0.4, 0.5) is 0 Å². The van der Waals surface area contributed by atoms with Crippen molar-refractivity contribution in [3.05, 3.63) is 65.3 Å². The predicted molar refractivity (Wildman–Crippen MR) is 84.1 cm³/mol. The molecule has 0 bridgehead atoms. The highest BCUT2D eigenvalue weighted by Gasteiger charge is 2.06. The monoisotopic (exact) mass is 299 g/mol. The Hall–Kier alpha value is -2.26. The van der Waals surface area contributed by atoms with Crippen molar-refractivity contribution in [3.63, 3.8) is 0 Å². The van der Waals surface area contributed by atoms with Crippen molar-refractivity contribution < 1.29 is 9.47 Å². The molecule has 0 radical (unpaired) electrons. The molecule has 0 unspecified atom stereocenters. The summed E-state index contributed by atoms with van der Waals surface area (Å²) in [7, 11) is 1.63. The molecule has 0 fully saturated rings. The van der Waals surface area contributed by atoms with E-state index in [2.05, 4.69) is 4.98 Å². The summed E-state index contributed by atoms with van der Waals surface area (Å²) in [6, 6.07) is 15.2. The molecule has 21 heavy (non-hydrogen) atoms. The first-order valence-corrected chi connectivity index (χ1v) is 6.94. The molecule has 0 saturated carbocycles. The molecular weight excluding hydrogens is 286 g/mol. The summed E-state index contributed by atoms with van der Waals surface area (Å²) in [5.41, 5.74) is 1.87. The molecule has 1 heterocycles. The lowest BCUT2D eigenvalue weighted by Gasteiger charge is -2.10. The van der Waals surface area contributed by atoms with Gasteiger partial charge in [-0.2, -0.15) is 0 Å². The van der Waals surface area contributed by atoms with E-state index in [-0.39, 0.29) is 0 Å². The van der Waals surface area contributed by atoms with Gasteiger partial charge in [0.1, 0.15) is 18.1 Å².